The van der Waals surface area contributed by atoms with Gasteiger partial charge < -0.3 is 14.8 Å². The zero-order valence-corrected chi connectivity index (χ0v) is 11.8. The average molecular weight is 257 g/mol. The van der Waals surface area contributed by atoms with Crippen molar-refractivity contribution in [3.05, 3.63) is 0 Å². The SMILES string of the molecule is CCOC(=O)CCCCCOC1(C)CCCNC1. The number of ether oxygens (including phenoxy) is 2. The molecular formula is C14H27NO3. The molecule has 1 aliphatic heterocycles. The van der Waals surface area contributed by atoms with Crippen LogP contribution in [0.15, 0.2) is 0 Å². The highest BCUT2D eigenvalue weighted by atomic mass is 16.5. The van der Waals surface area contributed by atoms with Gasteiger partial charge in [-0.25, -0.2) is 0 Å². The summed E-state index contributed by atoms with van der Waals surface area (Å²) in [6, 6.07) is 0. The Labute approximate surface area is 110 Å². The van der Waals surface area contributed by atoms with Gasteiger partial charge in [-0.2, -0.15) is 0 Å². The Kier molecular flexibility index (Phi) is 7.28. The number of nitrogens with one attached hydrogen (secondary N) is 1. The third-order valence-electron chi connectivity index (χ3n) is 3.34. The molecule has 1 aliphatic rings. The quantitative estimate of drug-likeness (QED) is 0.535. The number of carbonyl (C=O) groups is 1. The van der Waals surface area contributed by atoms with Gasteiger partial charge in [-0.15, -0.1) is 0 Å². The summed E-state index contributed by atoms with van der Waals surface area (Å²) < 4.78 is 10.8. The lowest BCUT2D eigenvalue weighted by Crippen LogP contribution is -2.45. The molecular weight excluding hydrogens is 230 g/mol. The molecule has 0 aromatic heterocycles. The van der Waals surface area contributed by atoms with Crippen LogP contribution < -0.4 is 5.32 Å². The van der Waals surface area contributed by atoms with Gasteiger partial charge in [-0.05, 0) is 46.1 Å². The molecule has 0 spiro atoms. The van der Waals surface area contributed by atoms with Gasteiger partial charge in [0.15, 0.2) is 0 Å². The molecule has 4 heteroatoms. The monoisotopic (exact) mass is 257 g/mol. The summed E-state index contributed by atoms with van der Waals surface area (Å²) >= 11 is 0. The highest BCUT2D eigenvalue weighted by Gasteiger charge is 2.26. The van der Waals surface area contributed by atoms with Crippen molar-refractivity contribution < 1.29 is 14.3 Å². The van der Waals surface area contributed by atoms with Crippen LogP contribution in [0.2, 0.25) is 0 Å². The summed E-state index contributed by atoms with van der Waals surface area (Å²) in [5.41, 5.74) is 0.0133. The van der Waals surface area contributed by atoms with Crippen molar-refractivity contribution in [3.8, 4) is 0 Å². The van der Waals surface area contributed by atoms with Crippen LogP contribution in [0.1, 0.15) is 52.4 Å². The maximum atomic E-state index is 11.1. The Bertz CT molecular complexity index is 237. The molecule has 106 valence electrons. The van der Waals surface area contributed by atoms with Crippen molar-refractivity contribution >= 4 is 5.97 Å². The molecule has 18 heavy (non-hydrogen) atoms. The van der Waals surface area contributed by atoms with E-state index in [2.05, 4.69) is 12.2 Å². The topological polar surface area (TPSA) is 47.6 Å². The molecule has 0 bridgehead atoms. The van der Waals surface area contributed by atoms with Crippen LogP contribution in [0.3, 0.4) is 0 Å². The van der Waals surface area contributed by atoms with Gasteiger partial charge in [0, 0.05) is 19.6 Å². The number of esters is 1. The molecule has 0 saturated carbocycles. The summed E-state index contributed by atoms with van der Waals surface area (Å²) in [6.07, 6.45) is 5.82. The maximum Gasteiger partial charge on any atom is 0.305 e. The normalized spacial score (nSPS) is 23.9. The van der Waals surface area contributed by atoms with E-state index in [9.17, 15) is 4.79 Å². The van der Waals surface area contributed by atoms with Crippen molar-refractivity contribution in [1.82, 2.24) is 5.32 Å². The van der Waals surface area contributed by atoms with Crippen LogP contribution in [0.5, 0.6) is 0 Å². The number of piperidine rings is 1. The van der Waals surface area contributed by atoms with Crippen LogP contribution in [0.4, 0.5) is 0 Å². The fraction of sp³-hybridized carbons (Fsp3) is 0.929. The Morgan fingerprint density at radius 1 is 1.33 bits per heavy atom. The number of hydrogen-bond acceptors (Lipinski definition) is 4. The lowest BCUT2D eigenvalue weighted by Gasteiger charge is -2.34. The molecule has 0 amide bonds. The zero-order chi connectivity index (χ0) is 13.3. The van der Waals surface area contributed by atoms with Crippen molar-refractivity contribution in [1.29, 1.82) is 0 Å². The third-order valence-corrected chi connectivity index (χ3v) is 3.34. The Morgan fingerprint density at radius 2 is 2.17 bits per heavy atom. The van der Waals surface area contributed by atoms with Crippen LogP contribution in [0, 0.1) is 0 Å². The molecule has 1 rings (SSSR count). The largest absolute Gasteiger partial charge is 0.466 e. The van der Waals surface area contributed by atoms with Crippen LogP contribution in [-0.4, -0.2) is 37.9 Å². The van der Waals surface area contributed by atoms with Crippen LogP contribution in [0.25, 0.3) is 0 Å². The molecule has 1 N–H and O–H groups in total. The van der Waals surface area contributed by atoms with Gasteiger partial charge in [0.2, 0.25) is 0 Å². The fourth-order valence-corrected chi connectivity index (χ4v) is 2.25. The van der Waals surface area contributed by atoms with E-state index in [4.69, 9.17) is 9.47 Å². The van der Waals surface area contributed by atoms with E-state index in [0.717, 1.165) is 45.4 Å². The minimum Gasteiger partial charge on any atom is -0.466 e. The van der Waals surface area contributed by atoms with Gasteiger partial charge >= 0.3 is 5.97 Å². The fourth-order valence-electron chi connectivity index (χ4n) is 2.25. The summed E-state index contributed by atoms with van der Waals surface area (Å²) in [7, 11) is 0. The van der Waals surface area contributed by atoms with Crippen LogP contribution >= 0.6 is 0 Å². The summed E-state index contributed by atoms with van der Waals surface area (Å²) in [6.45, 7) is 7.35. The summed E-state index contributed by atoms with van der Waals surface area (Å²) in [4.78, 5) is 11.1. The predicted molar refractivity (Wildman–Crippen MR) is 71.6 cm³/mol. The smallest absolute Gasteiger partial charge is 0.305 e. The van der Waals surface area contributed by atoms with Gasteiger partial charge in [-0.3, -0.25) is 4.79 Å². The van der Waals surface area contributed by atoms with E-state index in [1.54, 1.807) is 0 Å². The lowest BCUT2D eigenvalue weighted by molar-refractivity contribution is -0.143. The van der Waals surface area contributed by atoms with Gasteiger partial charge in [0.05, 0.1) is 12.2 Å². The number of unbranched alkanes of at least 4 members (excludes halogenated alkanes) is 2. The molecule has 1 heterocycles. The van der Waals surface area contributed by atoms with Crippen molar-refractivity contribution in [2.24, 2.45) is 0 Å². The molecule has 0 radical (unpaired) electrons. The summed E-state index contributed by atoms with van der Waals surface area (Å²) in [5, 5.41) is 3.37. The molecule has 0 aliphatic carbocycles. The first kappa shape index (κ1) is 15.4. The Balaban J connectivity index is 1.96. The predicted octanol–water partition coefficient (Wildman–Crippen LogP) is 2.27. The maximum absolute atomic E-state index is 11.1. The number of hydrogen-bond donors (Lipinski definition) is 1. The number of rotatable bonds is 8. The second-order valence-corrected chi connectivity index (χ2v) is 5.19. The van der Waals surface area contributed by atoms with Crippen LogP contribution in [-0.2, 0) is 14.3 Å². The standard InChI is InChI=1S/C14H27NO3/c1-3-17-13(16)8-5-4-6-11-18-14(2)9-7-10-15-12-14/h15H,3-12H2,1-2H3. The third kappa shape index (κ3) is 6.36. The minimum absolute atomic E-state index is 0.0133. The van der Waals surface area contributed by atoms with Gasteiger partial charge in [-0.1, -0.05) is 6.42 Å². The van der Waals surface area contributed by atoms with E-state index in [0.29, 0.717) is 13.0 Å². The molecule has 0 aromatic carbocycles. The minimum atomic E-state index is -0.0816. The molecule has 1 atom stereocenters. The molecule has 1 saturated heterocycles. The molecule has 0 aromatic rings. The summed E-state index contributed by atoms with van der Waals surface area (Å²) in [5.74, 6) is -0.0816. The molecule has 1 unspecified atom stereocenters. The highest BCUT2D eigenvalue weighted by molar-refractivity contribution is 5.69. The first-order valence-corrected chi connectivity index (χ1v) is 7.16. The highest BCUT2D eigenvalue weighted by Crippen LogP contribution is 2.20. The first-order valence-electron chi connectivity index (χ1n) is 7.16. The van der Waals surface area contributed by atoms with E-state index in [1.807, 2.05) is 6.92 Å². The molecule has 1 fully saturated rings. The van der Waals surface area contributed by atoms with Gasteiger partial charge in [0.25, 0.3) is 0 Å². The Hall–Kier alpha value is -0.610. The Morgan fingerprint density at radius 3 is 2.83 bits per heavy atom. The lowest BCUT2D eigenvalue weighted by atomic mass is 9.96. The first-order chi connectivity index (χ1) is 8.66. The van der Waals surface area contributed by atoms with Crippen molar-refractivity contribution in [3.63, 3.8) is 0 Å². The second-order valence-electron chi connectivity index (χ2n) is 5.19. The van der Waals surface area contributed by atoms with E-state index in [-0.39, 0.29) is 11.6 Å². The molecule has 4 nitrogen and oxygen atoms in total. The van der Waals surface area contributed by atoms with E-state index >= 15 is 0 Å². The second kappa shape index (κ2) is 8.48. The van der Waals surface area contributed by atoms with E-state index in [1.165, 1.54) is 6.42 Å². The number of carbonyl (C=O) groups excluding carboxylic acids is 1. The average Bonchev–Trinajstić information content (AvgIpc) is 2.35. The van der Waals surface area contributed by atoms with Crippen molar-refractivity contribution in [2.75, 3.05) is 26.3 Å². The van der Waals surface area contributed by atoms with E-state index < -0.39 is 0 Å². The van der Waals surface area contributed by atoms with Gasteiger partial charge in [0.1, 0.15) is 0 Å². The van der Waals surface area contributed by atoms with Crippen molar-refractivity contribution in [2.45, 2.75) is 58.0 Å². The zero-order valence-electron chi connectivity index (χ0n) is 11.8.